The number of rotatable bonds is 1. The van der Waals surface area contributed by atoms with E-state index in [1.165, 1.54) is 18.4 Å². The zero-order valence-corrected chi connectivity index (χ0v) is 12.9. The van der Waals surface area contributed by atoms with E-state index in [9.17, 15) is 4.79 Å². The fourth-order valence-electron chi connectivity index (χ4n) is 4.46. The molecule has 0 spiro atoms. The Bertz CT molecular complexity index is 574. The fourth-order valence-corrected chi connectivity index (χ4v) is 4.46. The van der Waals surface area contributed by atoms with Crippen LogP contribution in [0.2, 0.25) is 0 Å². The van der Waals surface area contributed by atoms with Gasteiger partial charge in [-0.05, 0) is 42.2 Å². The van der Waals surface area contributed by atoms with Crippen molar-refractivity contribution >= 4 is 5.91 Å². The average molecular weight is 300 g/mol. The molecule has 118 valence electrons. The minimum atomic E-state index is -0.415. The quantitative estimate of drug-likeness (QED) is 0.861. The Morgan fingerprint density at radius 2 is 2.09 bits per heavy atom. The Morgan fingerprint density at radius 3 is 2.95 bits per heavy atom. The molecule has 4 atom stereocenters. The van der Waals surface area contributed by atoms with Gasteiger partial charge in [-0.2, -0.15) is 0 Å². The first-order valence-corrected chi connectivity index (χ1v) is 8.48. The van der Waals surface area contributed by atoms with E-state index in [4.69, 9.17) is 10.5 Å². The number of likely N-dealkylation sites (tertiary alicyclic amines) is 1. The number of hydrogen-bond donors (Lipinski definition) is 1. The second kappa shape index (κ2) is 5.67. The van der Waals surface area contributed by atoms with Gasteiger partial charge in [0.1, 0.15) is 0 Å². The highest BCUT2D eigenvalue weighted by atomic mass is 16.5. The van der Waals surface area contributed by atoms with Crippen LogP contribution in [0.25, 0.3) is 0 Å². The van der Waals surface area contributed by atoms with Crippen molar-refractivity contribution in [2.45, 2.75) is 37.8 Å². The van der Waals surface area contributed by atoms with Crippen molar-refractivity contribution in [3.8, 4) is 0 Å². The van der Waals surface area contributed by atoms with Gasteiger partial charge in [0.15, 0.2) is 6.10 Å². The van der Waals surface area contributed by atoms with Crippen molar-refractivity contribution in [3.63, 3.8) is 0 Å². The van der Waals surface area contributed by atoms with Gasteiger partial charge in [0.2, 0.25) is 0 Å². The molecule has 1 aromatic rings. The molecule has 2 heterocycles. The van der Waals surface area contributed by atoms with Crippen LogP contribution < -0.4 is 5.73 Å². The number of amides is 1. The van der Waals surface area contributed by atoms with Gasteiger partial charge in [0.25, 0.3) is 5.91 Å². The topological polar surface area (TPSA) is 55.6 Å². The lowest BCUT2D eigenvalue weighted by Crippen LogP contribution is -2.39. The molecular weight excluding hydrogens is 276 g/mol. The fraction of sp³-hybridized carbons (Fsp3) is 0.611. The lowest BCUT2D eigenvalue weighted by molar-refractivity contribution is -0.144. The first-order valence-electron chi connectivity index (χ1n) is 8.48. The molecular formula is C18H24N2O2. The molecule has 0 bridgehead atoms. The van der Waals surface area contributed by atoms with E-state index in [0.29, 0.717) is 18.4 Å². The van der Waals surface area contributed by atoms with Crippen LogP contribution in [-0.4, -0.2) is 36.5 Å². The SMILES string of the molecule is NC1CCCC2CN(C(=O)C3OCCc4ccccc43)CC12. The summed E-state index contributed by atoms with van der Waals surface area (Å²) in [6.07, 6.45) is 4.00. The lowest BCUT2D eigenvalue weighted by Gasteiger charge is -2.29. The molecule has 4 heteroatoms. The number of nitrogens with two attached hydrogens (primary N) is 1. The molecule has 0 aromatic heterocycles. The Balaban J connectivity index is 1.54. The van der Waals surface area contributed by atoms with E-state index in [-0.39, 0.29) is 11.9 Å². The number of ether oxygens (including phenoxy) is 1. The van der Waals surface area contributed by atoms with Gasteiger partial charge in [-0.3, -0.25) is 4.79 Å². The molecule has 1 amide bonds. The average Bonchev–Trinajstić information content (AvgIpc) is 2.99. The van der Waals surface area contributed by atoms with Crippen LogP contribution in [0.15, 0.2) is 24.3 Å². The molecule has 1 saturated carbocycles. The summed E-state index contributed by atoms with van der Waals surface area (Å²) in [5.74, 6) is 1.21. The van der Waals surface area contributed by atoms with E-state index in [0.717, 1.165) is 31.5 Å². The maximum absolute atomic E-state index is 13.0. The van der Waals surface area contributed by atoms with Crippen molar-refractivity contribution < 1.29 is 9.53 Å². The summed E-state index contributed by atoms with van der Waals surface area (Å²) in [6, 6.07) is 8.43. The Kier molecular flexibility index (Phi) is 3.66. The molecule has 4 nitrogen and oxygen atoms in total. The minimum Gasteiger partial charge on any atom is -0.363 e. The summed E-state index contributed by atoms with van der Waals surface area (Å²) in [5.41, 5.74) is 8.57. The van der Waals surface area contributed by atoms with Crippen LogP contribution in [0, 0.1) is 11.8 Å². The van der Waals surface area contributed by atoms with Gasteiger partial charge >= 0.3 is 0 Å². The van der Waals surface area contributed by atoms with Crippen molar-refractivity contribution in [2.75, 3.05) is 19.7 Å². The largest absolute Gasteiger partial charge is 0.363 e. The molecule has 1 aliphatic carbocycles. The number of carbonyl (C=O) groups excluding carboxylic acids is 1. The molecule has 22 heavy (non-hydrogen) atoms. The number of benzene rings is 1. The van der Waals surface area contributed by atoms with Crippen LogP contribution in [0.4, 0.5) is 0 Å². The Hall–Kier alpha value is -1.39. The van der Waals surface area contributed by atoms with Crippen molar-refractivity contribution in [1.29, 1.82) is 0 Å². The molecule has 4 rings (SSSR count). The van der Waals surface area contributed by atoms with Crippen LogP contribution in [0.5, 0.6) is 0 Å². The maximum Gasteiger partial charge on any atom is 0.256 e. The highest BCUT2D eigenvalue weighted by Crippen LogP contribution is 2.37. The lowest BCUT2D eigenvalue weighted by atomic mass is 9.78. The van der Waals surface area contributed by atoms with E-state index in [1.54, 1.807) is 0 Å². The Labute approximate surface area is 131 Å². The molecule has 1 saturated heterocycles. The van der Waals surface area contributed by atoms with Gasteiger partial charge in [-0.25, -0.2) is 0 Å². The number of nitrogens with zero attached hydrogens (tertiary/aromatic N) is 1. The number of carbonyl (C=O) groups is 1. The zero-order chi connectivity index (χ0) is 15.1. The zero-order valence-electron chi connectivity index (χ0n) is 12.9. The summed E-state index contributed by atoms with van der Waals surface area (Å²) in [5, 5.41) is 0. The molecule has 2 N–H and O–H groups in total. The van der Waals surface area contributed by atoms with Crippen LogP contribution in [-0.2, 0) is 16.0 Å². The van der Waals surface area contributed by atoms with E-state index < -0.39 is 6.10 Å². The predicted molar refractivity (Wildman–Crippen MR) is 84.2 cm³/mol. The maximum atomic E-state index is 13.0. The normalized spacial score (nSPS) is 34.1. The summed E-state index contributed by atoms with van der Waals surface area (Å²) in [7, 11) is 0. The van der Waals surface area contributed by atoms with Crippen molar-refractivity contribution in [3.05, 3.63) is 35.4 Å². The van der Waals surface area contributed by atoms with Gasteiger partial charge in [0, 0.05) is 19.1 Å². The molecule has 4 unspecified atom stereocenters. The summed E-state index contributed by atoms with van der Waals surface area (Å²) < 4.78 is 5.84. The molecule has 3 aliphatic rings. The predicted octanol–water partition coefficient (Wildman–Crippen LogP) is 1.89. The van der Waals surface area contributed by atoms with Crippen LogP contribution in [0.1, 0.15) is 36.5 Å². The summed E-state index contributed by atoms with van der Waals surface area (Å²) >= 11 is 0. The third-order valence-corrected chi connectivity index (χ3v) is 5.68. The standard InChI is InChI=1S/C18H24N2O2/c19-16-7-3-5-13-10-20(11-15(13)16)18(21)17-14-6-2-1-4-12(14)8-9-22-17/h1-2,4,6,13,15-17H,3,5,7-11,19H2. The van der Waals surface area contributed by atoms with Gasteiger partial charge < -0.3 is 15.4 Å². The third-order valence-electron chi connectivity index (χ3n) is 5.68. The highest BCUT2D eigenvalue weighted by molar-refractivity contribution is 5.83. The highest BCUT2D eigenvalue weighted by Gasteiger charge is 2.42. The Morgan fingerprint density at radius 1 is 1.23 bits per heavy atom. The minimum absolute atomic E-state index is 0.133. The van der Waals surface area contributed by atoms with E-state index >= 15 is 0 Å². The van der Waals surface area contributed by atoms with Gasteiger partial charge in [0.05, 0.1) is 6.61 Å². The monoisotopic (exact) mass is 300 g/mol. The molecule has 1 aromatic carbocycles. The van der Waals surface area contributed by atoms with Crippen LogP contribution >= 0.6 is 0 Å². The smallest absolute Gasteiger partial charge is 0.256 e. The van der Waals surface area contributed by atoms with E-state index in [2.05, 4.69) is 6.07 Å². The van der Waals surface area contributed by atoms with Crippen molar-refractivity contribution in [2.24, 2.45) is 17.6 Å². The summed E-state index contributed by atoms with van der Waals surface area (Å²) in [6.45, 7) is 2.31. The van der Waals surface area contributed by atoms with E-state index in [1.807, 2.05) is 23.1 Å². The second-order valence-corrected chi connectivity index (χ2v) is 6.96. The third kappa shape index (κ3) is 2.34. The number of hydrogen-bond acceptors (Lipinski definition) is 3. The van der Waals surface area contributed by atoms with Gasteiger partial charge in [-0.1, -0.05) is 30.7 Å². The first kappa shape index (κ1) is 14.2. The van der Waals surface area contributed by atoms with Crippen LogP contribution in [0.3, 0.4) is 0 Å². The first-order chi connectivity index (χ1) is 10.7. The molecule has 2 fully saturated rings. The summed E-state index contributed by atoms with van der Waals surface area (Å²) in [4.78, 5) is 15.0. The molecule has 2 aliphatic heterocycles. The van der Waals surface area contributed by atoms with Crippen molar-refractivity contribution in [1.82, 2.24) is 4.90 Å². The second-order valence-electron chi connectivity index (χ2n) is 6.96. The number of fused-ring (bicyclic) bond motifs is 2. The van der Waals surface area contributed by atoms with Gasteiger partial charge in [-0.15, -0.1) is 0 Å². The molecule has 0 radical (unpaired) electrons.